The van der Waals surface area contributed by atoms with Crippen molar-refractivity contribution in [3.05, 3.63) is 34.9 Å². The van der Waals surface area contributed by atoms with Gasteiger partial charge in [0.05, 0.1) is 6.10 Å². The van der Waals surface area contributed by atoms with Crippen molar-refractivity contribution >= 4 is 29.9 Å². The van der Waals surface area contributed by atoms with Crippen molar-refractivity contribution in [2.45, 2.75) is 37.4 Å². The van der Waals surface area contributed by atoms with Crippen LogP contribution in [-0.4, -0.2) is 42.6 Å². The van der Waals surface area contributed by atoms with Gasteiger partial charge in [0.1, 0.15) is 6.10 Å². The number of likely N-dealkylation sites (tertiary alicyclic amines) is 1. The Morgan fingerprint density at radius 1 is 1.27 bits per heavy atom. The number of hydrogen-bond donors (Lipinski definition) is 1. The zero-order valence-electron chi connectivity index (χ0n) is 12.4. The molecule has 0 saturated carbocycles. The van der Waals surface area contributed by atoms with Gasteiger partial charge < -0.3 is 15.4 Å². The van der Waals surface area contributed by atoms with Crippen molar-refractivity contribution in [2.24, 2.45) is 5.73 Å². The predicted molar refractivity (Wildman–Crippen MR) is 89.6 cm³/mol. The van der Waals surface area contributed by atoms with E-state index in [4.69, 9.17) is 22.1 Å². The molecule has 2 fully saturated rings. The fourth-order valence-corrected chi connectivity index (χ4v) is 3.36. The minimum absolute atomic E-state index is 0. The largest absolute Gasteiger partial charge is 0.364 e. The highest BCUT2D eigenvalue weighted by atomic mass is 35.5. The average Bonchev–Trinajstić information content (AvgIpc) is 3.16. The topological polar surface area (TPSA) is 55.6 Å². The van der Waals surface area contributed by atoms with Crippen LogP contribution >= 0.6 is 24.0 Å². The van der Waals surface area contributed by atoms with E-state index in [1.54, 1.807) is 0 Å². The van der Waals surface area contributed by atoms with Crippen LogP contribution in [-0.2, 0) is 9.53 Å². The molecule has 2 heterocycles. The number of carbonyl (C=O) groups is 1. The van der Waals surface area contributed by atoms with Gasteiger partial charge >= 0.3 is 0 Å². The van der Waals surface area contributed by atoms with Crippen molar-refractivity contribution in [3.8, 4) is 0 Å². The molecule has 0 radical (unpaired) electrons. The second-order valence-electron chi connectivity index (χ2n) is 5.88. The first-order chi connectivity index (χ1) is 10.2. The lowest BCUT2D eigenvalue weighted by Gasteiger charge is -2.21. The van der Waals surface area contributed by atoms with Crippen molar-refractivity contribution < 1.29 is 9.53 Å². The Morgan fingerprint density at radius 3 is 2.64 bits per heavy atom. The molecule has 6 heteroatoms. The van der Waals surface area contributed by atoms with Crippen molar-refractivity contribution in [1.29, 1.82) is 0 Å². The molecule has 0 aromatic heterocycles. The Morgan fingerprint density at radius 2 is 2.00 bits per heavy atom. The molecule has 2 N–H and O–H groups in total. The summed E-state index contributed by atoms with van der Waals surface area (Å²) in [7, 11) is 0. The molecule has 0 bridgehead atoms. The molecule has 0 aliphatic carbocycles. The number of carbonyl (C=O) groups excluding carboxylic acids is 1. The molecule has 0 spiro atoms. The lowest BCUT2D eigenvalue weighted by Crippen LogP contribution is -2.38. The summed E-state index contributed by atoms with van der Waals surface area (Å²) in [6.45, 7) is 2.07. The predicted octanol–water partition coefficient (Wildman–Crippen LogP) is 2.58. The molecular formula is C16H22Cl2N2O2. The fourth-order valence-electron chi connectivity index (χ4n) is 3.23. The molecular weight excluding hydrogens is 323 g/mol. The Balaban J connectivity index is 0.00000176. The number of benzene rings is 1. The van der Waals surface area contributed by atoms with Gasteiger partial charge in [0.15, 0.2) is 0 Å². The van der Waals surface area contributed by atoms with Gasteiger partial charge in [-0.3, -0.25) is 4.79 Å². The zero-order chi connectivity index (χ0) is 14.8. The highest BCUT2D eigenvalue weighted by Crippen LogP contribution is 2.30. The normalized spacial score (nSPS) is 27.7. The maximum atomic E-state index is 12.5. The van der Waals surface area contributed by atoms with E-state index in [9.17, 15) is 4.79 Å². The van der Waals surface area contributed by atoms with Gasteiger partial charge in [-0.05, 0) is 37.0 Å². The van der Waals surface area contributed by atoms with Crippen LogP contribution in [0.5, 0.6) is 0 Å². The number of rotatable bonds is 3. The summed E-state index contributed by atoms with van der Waals surface area (Å²) in [6.07, 6.45) is 2.45. The molecule has 22 heavy (non-hydrogen) atoms. The van der Waals surface area contributed by atoms with E-state index in [0.29, 0.717) is 12.5 Å². The number of nitrogens with two attached hydrogens (primary N) is 1. The fraction of sp³-hybridized carbons (Fsp3) is 0.562. The van der Waals surface area contributed by atoms with Crippen LogP contribution in [0.4, 0.5) is 0 Å². The zero-order valence-corrected chi connectivity index (χ0v) is 14.0. The molecule has 3 rings (SSSR count). The molecule has 2 saturated heterocycles. The summed E-state index contributed by atoms with van der Waals surface area (Å²) in [5.74, 6) is 0.528. The third kappa shape index (κ3) is 3.74. The van der Waals surface area contributed by atoms with Crippen LogP contribution in [0, 0.1) is 0 Å². The van der Waals surface area contributed by atoms with Crippen LogP contribution in [0.2, 0.25) is 5.02 Å². The Hall–Kier alpha value is -0.810. The van der Waals surface area contributed by atoms with Crippen LogP contribution in [0.25, 0.3) is 0 Å². The summed E-state index contributed by atoms with van der Waals surface area (Å²) < 4.78 is 5.71. The van der Waals surface area contributed by atoms with E-state index in [2.05, 4.69) is 12.1 Å². The average molecular weight is 345 g/mol. The van der Waals surface area contributed by atoms with Crippen molar-refractivity contribution in [3.63, 3.8) is 0 Å². The summed E-state index contributed by atoms with van der Waals surface area (Å²) in [4.78, 5) is 14.4. The first kappa shape index (κ1) is 17.5. The van der Waals surface area contributed by atoms with Gasteiger partial charge in [0.25, 0.3) is 5.91 Å². The summed E-state index contributed by atoms with van der Waals surface area (Å²) in [6, 6.07) is 7.93. The number of ether oxygens (including phenoxy) is 1. The molecule has 1 unspecified atom stereocenters. The first-order valence-electron chi connectivity index (χ1n) is 7.57. The smallest absolute Gasteiger partial charge is 0.251 e. The third-order valence-corrected chi connectivity index (χ3v) is 4.74. The van der Waals surface area contributed by atoms with E-state index in [0.717, 1.165) is 37.4 Å². The van der Waals surface area contributed by atoms with Gasteiger partial charge in [0.2, 0.25) is 0 Å². The second kappa shape index (κ2) is 7.64. The van der Waals surface area contributed by atoms with Crippen LogP contribution in [0.1, 0.15) is 30.7 Å². The first-order valence-corrected chi connectivity index (χ1v) is 7.95. The molecule has 1 aromatic rings. The van der Waals surface area contributed by atoms with Crippen LogP contribution in [0.3, 0.4) is 0 Å². The van der Waals surface area contributed by atoms with E-state index in [-0.39, 0.29) is 30.5 Å². The van der Waals surface area contributed by atoms with Gasteiger partial charge in [-0.25, -0.2) is 0 Å². The number of halogens is 2. The number of hydrogen-bond acceptors (Lipinski definition) is 3. The molecule has 3 atom stereocenters. The van der Waals surface area contributed by atoms with Gasteiger partial charge in [-0.15, -0.1) is 12.4 Å². The third-order valence-electron chi connectivity index (χ3n) is 4.49. The van der Waals surface area contributed by atoms with Crippen molar-refractivity contribution in [2.75, 3.05) is 19.6 Å². The van der Waals surface area contributed by atoms with Crippen LogP contribution < -0.4 is 5.73 Å². The van der Waals surface area contributed by atoms with Crippen LogP contribution in [0.15, 0.2) is 24.3 Å². The van der Waals surface area contributed by atoms with E-state index < -0.39 is 0 Å². The quantitative estimate of drug-likeness (QED) is 0.916. The highest BCUT2D eigenvalue weighted by Gasteiger charge is 2.36. The Bertz CT molecular complexity index is 509. The molecule has 2 aliphatic heterocycles. The van der Waals surface area contributed by atoms with Crippen molar-refractivity contribution in [1.82, 2.24) is 4.90 Å². The standard InChI is InChI=1S/C16H21ClN2O2.ClH/c17-13-3-1-11(2-4-13)12-7-8-19(10-12)16(20)15-6-5-14(9-18)21-15;/h1-4,12,14-15H,5-10,18H2;1H/t12?,14-,15+;/m1./s1. The van der Waals surface area contributed by atoms with E-state index >= 15 is 0 Å². The monoisotopic (exact) mass is 344 g/mol. The minimum Gasteiger partial charge on any atom is -0.364 e. The lowest BCUT2D eigenvalue weighted by molar-refractivity contribution is -0.141. The molecule has 1 amide bonds. The van der Waals surface area contributed by atoms with Gasteiger partial charge in [-0.1, -0.05) is 23.7 Å². The van der Waals surface area contributed by atoms with E-state index in [1.807, 2.05) is 17.0 Å². The van der Waals surface area contributed by atoms with Gasteiger partial charge in [0, 0.05) is 30.6 Å². The maximum absolute atomic E-state index is 12.5. The second-order valence-corrected chi connectivity index (χ2v) is 6.32. The number of amides is 1. The Kier molecular flexibility index (Phi) is 6.09. The van der Waals surface area contributed by atoms with Gasteiger partial charge in [-0.2, -0.15) is 0 Å². The maximum Gasteiger partial charge on any atom is 0.251 e. The highest BCUT2D eigenvalue weighted by molar-refractivity contribution is 6.30. The summed E-state index contributed by atoms with van der Waals surface area (Å²) in [5, 5.41) is 0.747. The molecule has 2 aliphatic rings. The molecule has 122 valence electrons. The SMILES string of the molecule is Cl.NC[C@H]1CC[C@@H](C(=O)N2CCC(c3ccc(Cl)cc3)C2)O1. The lowest BCUT2D eigenvalue weighted by atomic mass is 9.99. The summed E-state index contributed by atoms with van der Waals surface area (Å²) >= 11 is 5.92. The Labute approximate surface area is 142 Å². The molecule has 4 nitrogen and oxygen atoms in total. The van der Waals surface area contributed by atoms with E-state index in [1.165, 1.54) is 5.56 Å². The number of nitrogens with zero attached hydrogens (tertiary/aromatic N) is 1. The minimum atomic E-state index is -0.289. The molecule has 1 aromatic carbocycles. The summed E-state index contributed by atoms with van der Waals surface area (Å²) in [5.41, 5.74) is 6.85.